The van der Waals surface area contributed by atoms with E-state index in [0.29, 0.717) is 0 Å². The maximum absolute atomic E-state index is 6.28. The Bertz CT molecular complexity index is 484. The monoisotopic (exact) mass is 281 g/mol. The van der Waals surface area contributed by atoms with Gasteiger partial charge in [0, 0.05) is 18.0 Å². The van der Waals surface area contributed by atoms with E-state index >= 15 is 0 Å². The van der Waals surface area contributed by atoms with Gasteiger partial charge in [0.2, 0.25) is 0 Å². The SMILES string of the molecule is CC(C)(C)O[C@@H]1C[C@H]2c3cccc(Cl)c3CCN2O1. The van der Waals surface area contributed by atoms with Crippen LogP contribution in [0.2, 0.25) is 5.02 Å². The van der Waals surface area contributed by atoms with Crippen molar-refractivity contribution in [2.45, 2.75) is 51.5 Å². The smallest absolute Gasteiger partial charge is 0.180 e. The summed E-state index contributed by atoms with van der Waals surface area (Å²) in [7, 11) is 0. The number of hydroxylamine groups is 2. The molecule has 1 saturated heterocycles. The molecule has 2 heterocycles. The van der Waals surface area contributed by atoms with Crippen LogP contribution >= 0.6 is 11.6 Å². The van der Waals surface area contributed by atoms with Crippen LogP contribution in [0.5, 0.6) is 0 Å². The topological polar surface area (TPSA) is 21.7 Å². The molecule has 2 atom stereocenters. The fraction of sp³-hybridized carbons (Fsp3) is 0.600. The summed E-state index contributed by atoms with van der Waals surface area (Å²) >= 11 is 6.28. The molecule has 1 aromatic carbocycles. The van der Waals surface area contributed by atoms with E-state index in [1.165, 1.54) is 11.1 Å². The lowest BCUT2D eigenvalue weighted by atomic mass is 9.92. The Morgan fingerprint density at radius 3 is 2.89 bits per heavy atom. The van der Waals surface area contributed by atoms with Crippen molar-refractivity contribution in [3.8, 4) is 0 Å². The van der Waals surface area contributed by atoms with E-state index in [9.17, 15) is 0 Å². The first-order chi connectivity index (χ1) is 8.94. The van der Waals surface area contributed by atoms with E-state index in [2.05, 4.69) is 31.9 Å². The predicted octanol–water partition coefficient (Wildman–Crippen LogP) is 3.72. The number of hydrogen-bond acceptors (Lipinski definition) is 3. The quantitative estimate of drug-likeness (QED) is 0.783. The third kappa shape index (κ3) is 2.65. The molecule has 0 spiro atoms. The van der Waals surface area contributed by atoms with Gasteiger partial charge >= 0.3 is 0 Å². The zero-order valence-corrected chi connectivity index (χ0v) is 12.4. The lowest BCUT2D eigenvalue weighted by Crippen LogP contribution is -2.31. The van der Waals surface area contributed by atoms with E-state index in [1.54, 1.807) is 0 Å². The highest BCUT2D eigenvalue weighted by Gasteiger charge is 2.40. The molecule has 3 nitrogen and oxygen atoms in total. The molecule has 1 aromatic rings. The standard InChI is InChI=1S/C15H20ClNO2/c1-15(2,3)18-14-9-13-11-5-4-6-12(16)10(11)7-8-17(13)19-14/h4-6,13-14H,7-9H2,1-3H3/t13-,14-/m0/s1. The second-order valence-electron chi connectivity index (χ2n) is 6.21. The van der Waals surface area contributed by atoms with Gasteiger partial charge in [0.05, 0.1) is 11.6 Å². The normalized spacial score (nSPS) is 27.2. The zero-order valence-electron chi connectivity index (χ0n) is 11.6. The van der Waals surface area contributed by atoms with Gasteiger partial charge in [0.15, 0.2) is 6.29 Å². The summed E-state index contributed by atoms with van der Waals surface area (Å²) in [5.41, 5.74) is 2.38. The van der Waals surface area contributed by atoms with Gasteiger partial charge in [-0.25, -0.2) is 0 Å². The molecule has 19 heavy (non-hydrogen) atoms. The van der Waals surface area contributed by atoms with Crippen molar-refractivity contribution in [2.24, 2.45) is 0 Å². The molecule has 4 heteroatoms. The second-order valence-corrected chi connectivity index (χ2v) is 6.62. The molecule has 2 aliphatic heterocycles. The number of fused-ring (bicyclic) bond motifs is 3. The average Bonchev–Trinajstić information content (AvgIpc) is 2.69. The van der Waals surface area contributed by atoms with Crippen LogP contribution in [0.4, 0.5) is 0 Å². The molecule has 0 aromatic heterocycles. The largest absolute Gasteiger partial charge is 0.345 e. The van der Waals surface area contributed by atoms with E-state index < -0.39 is 0 Å². The van der Waals surface area contributed by atoms with Gasteiger partial charge in [-0.2, -0.15) is 5.06 Å². The highest BCUT2D eigenvalue weighted by atomic mass is 35.5. The summed E-state index contributed by atoms with van der Waals surface area (Å²) in [6, 6.07) is 6.41. The van der Waals surface area contributed by atoms with E-state index in [4.69, 9.17) is 21.2 Å². The summed E-state index contributed by atoms with van der Waals surface area (Å²) in [5, 5.41) is 2.92. The Morgan fingerprint density at radius 1 is 1.37 bits per heavy atom. The van der Waals surface area contributed by atoms with Gasteiger partial charge in [0.25, 0.3) is 0 Å². The molecule has 1 fully saturated rings. The van der Waals surface area contributed by atoms with Crippen LogP contribution < -0.4 is 0 Å². The van der Waals surface area contributed by atoms with Gasteiger partial charge in [-0.15, -0.1) is 0 Å². The van der Waals surface area contributed by atoms with Crippen molar-refractivity contribution in [3.63, 3.8) is 0 Å². The number of halogens is 1. The van der Waals surface area contributed by atoms with Crippen LogP contribution in [0.25, 0.3) is 0 Å². The molecule has 0 unspecified atom stereocenters. The molecule has 3 rings (SSSR count). The molecular formula is C15H20ClNO2. The third-order valence-electron chi connectivity index (χ3n) is 3.60. The number of rotatable bonds is 1. The van der Waals surface area contributed by atoms with Crippen molar-refractivity contribution in [2.75, 3.05) is 6.54 Å². The molecule has 0 N–H and O–H groups in total. The van der Waals surface area contributed by atoms with E-state index in [-0.39, 0.29) is 17.9 Å². The molecule has 0 saturated carbocycles. The predicted molar refractivity (Wildman–Crippen MR) is 74.9 cm³/mol. The van der Waals surface area contributed by atoms with Crippen molar-refractivity contribution in [1.29, 1.82) is 0 Å². The Morgan fingerprint density at radius 2 is 2.16 bits per heavy atom. The number of nitrogens with zero attached hydrogens (tertiary/aromatic N) is 1. The Hall–Kier alpha value is -0.610. The lowest BCUT2D eigenvalue weighted by molar-refractivity contribution is -0.266. The minimum absolute atomic E-state index is 0.157. The van der Waals surface area contributed by atoms with Crippen molar-refractivity contribution in [1.82, 2.24) is 5.06 Å². The Labute approximate surface area is 119 Å². The van der Waals surface area contributed by atoms with Crippen LogP contribution in [0, 0.1) is 0 Å². The minimum Gasteiger partial charge on any atom is -0.345 e. The molecule has 0 aliphatic carbocycles. The summed E-state index contributed by atoms with van der Waals surface area (Å²) in [6.45, 7) is 7.04. The first-order valence-corrected chi connectivity index (χ1v) is 7.20. The molecule has 0 radical (unpaired) electrons. The fourth-order valence-corrected chi connectivity index (χ4v) is 3.17. The molecule has 0 bridgehead atoms. The molecule has 2 aliphatic rings. The minimum atomic E-state index is -0.184. The number of hydrogen-bond donors (Lipinski definition) is 0. The lowest BCUT2D eigenvalue weighted by Gasteiger charge is -2.30. The first-order valence-electron chi connectivity index (χ1n) is 6.82. The maximum Gasteiger partial charge on any atom is 0.180 e. The van der Waals surface area contributed by atoms with Gasteiger partial charge in [-0.1, -0.05) is 23.7 Å². The highest BCUT2D eigenvalue weighted by molar-refractivity contribution is 6.31. The van der Waals surface area contributed by atoms with Gasteiger partial charge in [-0.05, 0) is 44.4 Å². The average molecular weight is 282 g/mol. The van der Waals surface area contributed by atoms with Gasteiger partial charge in [0.1, 0.15) is 0 Å². The summed E-state index contributed by atoms with van der Waals surface area (Å²) in [4.78, 5) is 5.91. The summed E-state index contributed by atoms with van der Waals surface area (Å²) < 4.78 is 5.94. The number of ether oxygens (including phenoxy) is 1. The second kappa shape index (κ2) is 4.74. The highest BCUT2D eigenvalue weighted by Crippen LogP contribution is 2.42. The van der Waals surface area contributed by atoms with Crippen LogP contribution in [-0.4, -0.2) is 23.5 Å². The van der Waals surface area contributed by atoms with Crippen molar-refractivity contribution < 1.29 is 9.57 Å². The zero-order chi connectivity index (χ0) is 13.6. The first kappa shape index (κ1) is 13.4. The molecular weight excluding hydrogens is 262 g/mol. The molecule has 0 amide bonds. The van der Waals surface area contributed by atoms with Crippen LogP contribution in [0.3, 0.4) is 0 Å². The summed E-state index contributed by atoms with van der Waals surface area (Å²) in [5.74, 6) is 0. The van der Waals surface area contributed by atoms with E-state index in [1.807, 2.05) is 12.1 Å². The molecule has 104 valence electrons. The third-order valence-corrected chi connectivity index (χ3v) is 3.95. The van der Waals surface area contributed by atoms with Crippen LogP contribution in [-0.2, 0) is 16.0 Å². The van der Waals surface area contributed by atoms with Gasteiger partial charge < -0.3 is 4.74 Å². The van der Waals surface area contributed by atoms with Crippen molar-refractivity contribution in [3.05, 3.63) is 34.3 Å². The number of benzene rings is 1. The fourth-order valence-electron chi connectivity index (χ4n) is 2.90. The Balaban J connectivity index is 1.82. The van der Waals surface area contributed by atoms with Gasteiger partial charge in [-0.3, -0.25) is 4.84 Å². The van der Waals surface area contributed by atoms with Crippen LogP contribution in [0.1, 0.15) is 44.4 Å². The van der Waals surface area contributed by atoms with Crippen molar-refractivity contribution >= 4 is 11.6 Å². The van der Waals surface area contributed by atoms with E-state index in [0.717, 1.165) is 24.4 Å². The Kier molecular flexibility index (Phi) is 3.34. The maximum atomic E-state index is 6.28. The van der Waals surface area contributed by atoms with Crippen LogP contribution in [0.15, 0.2) is 18.2 Å². The summed E-state index contributed by atoms with van der Waals surface area (Å²) in [6.07, 6.45) is 1.65.